The Morgan fingerprint density at radius 2 is 2.31 bits per heavy atom. The quantitative estimate of drug-likeness (QED) is 0.932. The van der Waals surface area contributed by atoms with E-state index in [0.29, 0.717) is 5.82 Å². The topological polar surface area (TPSA) is 68.0 Å². The number of hydrogen-bond acceptors (Lipinski definition) is 3. The zero-order valence-electron chi connectivity index (χ0n) is 8.17. The molecule has 1 N–H and O–H groups in total. The minimum Gasteiger partial charge on any atom is -0.480 e. The number of aliphatic carboxylic acids is 1. The van der Waals surface area contributed by atoms with Crippen molar-refractivity contribution in [1.82, 2.24) is 14.8 Å². The van der Waals surface area contributed by atoms with E-state index >= 15 is 0 Å². The summed E-state index contributed by atoms with van der Waals surface area (Å²) >= 11 is 3.35. The predicted molar refractivity (Wildman–Crippen MR) is 60.8 cm³/mol. The Balaban J connectivity index is 2.28. The normalized spacial score (nSPS) is 10.3. The van der Waals surface area contributed by atoms with Gasteiger partial charge in [-0.1, -0.05) is 28.1 Å². The average molecular weight is 282 g/mol. The molecule has 0 aliphatic carbocycles. The molecule has 0 aliphatic rings. The average Bonchev–Trinajstić information content (AvgIpc) is 2.65. The highest BCUT2D eigenvalue weighted by atomic mass is 79.9. The Hall–Kier alpha value is -1.69. The molecule has 0 saturated carbocycles. The summed E-state index contributed by atoms with van der Waals surface area (Å²) in [7, 11) is 0. The number of benzene rings is 1. The molecule has 82 valence electrons. The minimum absolute atomic E-state index is 0.180. The predicted octanol–water partition coefficient (Wildman–Crippen LogP) is 1.79. The van der Waals surface area contributed by atoms with Crippen molar-refractivity contribution in [2.75, 3.05) is 0 Å². The second kappa shape index (κ2) is 4.44. The van der Waals surface area contributed by atoms with Crippen LogP contribution < -0.4 is 0 Å². The molecular formula is C10H8BrN3O2. The summed E-state index contributed by atoms with van der Waals surface area (Å²) in [6, 6.07) is 7.51. The van der Waals surface area contributed by atoms with Crippen LogP contribution in [0.15, 0.2) is 35.1 Å². The number of carboxylic acids is 1. The molecular weight excluding hydrogens is 274 g/mol. The molecule has 0 unspecified atom stereocenters. The molecule has 2 aromatic rings. The van der Waals surface area contributed by atoms with E-state index in [1.807, 2.05) is 24.3 Å². The summed E-state index contributed by atoms with van der Waals surface area (Å²) in [5.74, 6) is -0.423. The maximum absolute atomic E-state index is 10.5. The van der Waals surface area contributed by atoms with Gasteiger partial charge in [0.25, 0.3) is 0 Å². The Morgan fingerprint density at radius 1 is 1.50 bits per heavy atom. The molecule has 0 atom stereocenters. The summed E-state index contributed by atoms with van der Waals surface area (Å²) < 4.78 is 2.22. The Morgan fingerprint density at radius 3 is 3.00 bits per heavy atom. The van der Waals surface area contributed by atoms with Gasteiger partial charge in [-0.05, 0) is 12.1 Å². The first-order valence-corrected chi connectivity index (χ1v) is 5.31. The van der Waals surface area contributed by atoms with Crippen LogP contribution in [0.25, 0.3) is 11.4 Å². The lowest BCUT2D eigenvalue weighted by Gasteiger charge is -1.96. The second-order valence-corrected chi connectivity index (χ2v) is 4.09. The number of carbonyl (C=O) groups is 1. The van der Waals surface area contributed by atoms with Gasteiger partial charge in [-0.2, -0.15) is 5.10 Å². The van der Waals surface area contributed by atoms with Crippen LogP contribution in [0.5, 0.6) is 0 Å². The van der Waals surface area contributed by atoms with E-state index in [-0.39, 0.29) is 6.54 Å². The van der Waals surface area contributed by atoms with Crippen LogP contribution in [0.3, 0.4) is 0 Å². The van der Waals surface area contributed by atoms with Gasteiger partial charge in [0.15, 0.2) is 5.82 Å². The minimum atomic E-state index is -0.939. The van der Waals surface area contributed by atoms with Gasteiger partial charge >= 0.3 is 5.97 Å². The van der Waals surface area contributed by atoms with Gasteiger partial charge in [-0.15, -0.1) is 0 Å². The second-order valence-electron chi connectivity index (χ2n) is 3.17. The van der Waals surface area contributed by atoms with Crippen molar-refractivity contribution in [3.05, 3.63) is 35.1 Å². The van der Waals surface area contributed by atoms with Gasteiger partial charge in [0, 0.05) is 10.0 Å². The fourth-order valence-electron chi connectivity index (χ4n) is 1.27. The van der Waals surface area contributed by atoms with Crippen molar-refractivity contribution in [3.63, 3.8) is 0 Å². The highest BCUT2D eigenvalue weighted by molar-refractivity contribution is 9.10. The van der Waals surface area contributed by atoms with Crippen LogP contribution >= 0.6 is 15.9 Å². The number of rotatable bonds is 3. The van der Waals surface area contributed by atoms with E-state index < -0.39 is 5.97 Å². The van der Waals surface area contributed by atoms with Crippen LogP contribution in [0, 0.1) is 0 Å². The van der Waals surface area contributed by atoms with Crippen molar-refractivity contribution < 1.29 is 9.90 Å². The zero-order chi connectivity index (χ0) is 11.5. The van der Waals surface area contributed by atoms with Crippen molar-refractivity contribution in [3.8, 4) is 11.4 Å². The third-order valence-electron chi connectivity index (χ3n) is 1.92. The molecule has 0 fully saturated rings. The first-order chi connectivity index (χ1) is 7.65. The fraction of sp³-hybridized carbons (Fsp3) is 0.100. The van der Waals surface area contributed by atoms with Crippen molar-refractivity contribution in [2.45, 2.75) is 6.54 Å². The number of carboxylic acid groups (broad SMARTS) is 1. The van der Waals surface area contributed by atoms with Crippen molar-refractivity contribution in [2.24, 2.45) is 0 Å². The number of aromatic nitrogens is 3. The monoisotopic (exact) mass is 281 g/mol. The zero-order valence-corrected chi connectivity index (χ0v) is 9.75. The third kappa shape index (κ3) is 2.46. The summed E-state index contributed by atoms with van der Waals surface area (Å²) in [6.07, 6.45) is 1.41. The lowest BCUT2D eigenvalue weighted by molar-refractivity contribution is -0.137. The molecule has 1 aromatic carbocycles. The highest BCUT2D eigenvalue weighted by Gasteiger charge is 2.06. The lowest BCUT2D eigenvalue weighted by Crippen LogP contribution is -2.08. The van der Waals surface area contributed by atoms with Gasteiger partial charge in [-0.25, -0.2) is 9.67 Å². The Bertz CT molecular complexity index is 524. The first kappa shape index (κ1) is 10.8. The van der Waals surface area contributed by atoms with E-state index in [4.69, 9.17) is 5.11 Å². The Labute approximate surface area is 99.9 Å². The smallest absolute Gasteiger partial charge is 0.325 e. The van der Waals surface area contributed by atoms with Gasteiger partial charge in [0.2, 0.25) is 0 Å². The third-order valence-corrected chi connectivity index (χ3v) is 2.41. The molecule has 1 heterocycles. The van der Waals surface area contributed by atoms with Crippen LogP contribution in [0.2, 0.25) is 0 Å². The maximum atomic E-state index is 10.5. The lowest BCUT2D eigenvalue weighted by atomic mass is 10.2. The van der Waals surface area contributed by atoms with E-state index in [1.165, 1.54) is 11.0 Å². The highest BCUT2D eigenvalue weighted by Crippen LogP contribution is 2.19. The molecule has 1 aromatic heterocycles. The molecule has 0 aliphatic heterocycles. The van der Waals surface area contributed by atoms with Crippen molar-refractivity contribution in [1.29, 1.82) is 0 Å². The molecule has 6 heteroatoms. The molecule has 5 nitrogen and oxygen atoms in total. The summed E-state index contributed by atoms with van der Waals surface area (Å²) in [6.45, 7) is -0.180. The van der Waals surface area contributed by atoms with Gasteiger partial charge < -0.3 is 5.11 Å². The summed E-state index contributed by atoms with van der Waals surface area (Å²) in [4.78, 5) is 14.5. The van der Waals surface area contributed by atoms with Crippen molar-refractivity contribution >= 4 is 21.9 Å². The fourth-order valence-corrected chi connectivity index (χ4v) is 1.67. The number of halogens is 1. The van der Waals surface area contributed by atoms with Crippen LogP contribution in [0.4, 0.5) is 0 Å². The largest absolute Gasteiger partial charge is 0.480 e. The summed E-state index contributed by atoms with van der Waals surface area (Å²) in [5, 5.41) is 12.7. The van der Waals surface area contributed by atoms with E-state index in [9.17, 15) is 4.79 Å². The molecule has 0 saturated heterocycles. The molecule has 0 spiro atoms. The molecule has 0 radical (unpaired) electrons. The summed E-state index contributed by atoms with van der Waals surface area (Å²) in [5.41, 5.74) is 0.846. The van der Waals surface area contributed by atoms with Crippen LogP contribution in [-0.4, -0.2) is 25.8 Å². The van der Waals surface area contributed by atoms with Crippen LogP contribution in [-0.2, 0) is 11.3 Å². The van der Waals surface area contributed by atoms with E-state index in [2.05, 4.69) is 26.0 Å². The SMILES string of the molecule is O=C(O)Cn1cnc(-c2cccc(Br)c2)n1. The molecule has 0 amide bonds. The number of hydrogen-bond donors (Lipinski definition) is 1. The Kier molecular flexibility index (Phi) is 3.00. The van der Waals surface area contributed by atoms with E-state index in [0.717, 1.165) is 10.0 Å². The first-order valence-electron chi connectivity index (χ1n) is 4.52. The van der Waals surface area contributed by atoms with E-state index in [1.54, 1.807) is 0 Å². The molecule has 2 rings (SSSR count). The molecule has 0 bridgehead atoms. The standard InChI is InChI=1S/C10H8BrN3O2/c11-8-3-1-2-7(4-8)10-12-6-14(13-10)5-9(15)16/h1-4,6H,5H2,(H,15,16). The van der Waals surface area contributed by atoms with Gasteiger partial charge in [0.1, 0.15) is 12.9 Å². The maximum Gasteiger partial charge on any atom is 0.325 e. The number of nitrogens with zero attached hydrogens (tertiary/aromatic N) is 3. The van der Waals surface area contributed by atoms with Gasteiger partial charge in [-0.3, -0.25) is 4.79 Å². The molecule has 16 heavy (non-hydrogen) atoms. The van der Waals surface area contributed by atoms with Gasteiger partial charge in [0.05, 0.1) is 0 Å². The van der Waals surface area contributed by atoms with Crippen LogP contribution in [0.1, 0.15) is 0 Å².